The third kappa shape index (κ3) is 3.26. The molecule has 1 rings (SSSR count). The van der Waals surface area contributed by atoms with Gasteiger partial charge >= 0.3 is 6.18 Å². The summed E-state index contributed by atoms with van der Waals surface area (Å²) in [7, 11) is 0. The molecule has 0 aromatic carbocycles. The Morgan fingerprint density at radius 3 is 2.71 bits per heavy atom. The van der Waals surface area contributed by atoms with Gasteiger partial charge in [-0.05, 0) is 13.0 Å². The van der Waals surface area contributed by atoms with E-state index in [2.05, 4.69) is 10.3 Å². The summed E-state index contributed by atoms with van der Waals surface area (Å²) < 4.78 is 36.4. The molecular formula is C8H11F3N2S. The number of hydrogen-bond acceptors (Lipinski definition) is 3. The predicted octanol–water partition coefficient (Wildman–Crippen LogP) is 2.66. The fourth-order valence-corrected chi connectivity index (χ4v) is 1.60. The van der Waals surface area contributed by atoms with Crippen molar-refractivity contribution in [1.29, 1.82) is 0 Å². The molecule has 0 fully saturated rings. The maximum atomic E-state index is 12.1. The first-order valence-corrected chi connectivity index (χ1v) is 5.14. The van der Waals surface area contributed by atoms with E-state index in [4.69, 9.17) is 0 Å². The molecule has 0 atom stereocenters. The molecule has 80 valence electrons. The first-order valence-electron chi connectivity index (χ1n) is 4.26. The van der Waals surface area contributed by atoms with Crippen LogP contribution in [0.15, 0.2) is 5.38 Å². The summed E-state index contributed by atoms with van der Waals surface area (Å²) >= 11 is 0.638. The van der Waals surface area contributed by atoms with Crippen LogP contribution in [0, 0.1) is 0 Å². The third-order valence-electron chi connectivity index (χ3n) is 1.53. The van der Waals surface area contributed by atoms with Gasteiger partial charge in [0.1, 0.15) is 0 Å². The summed E-state index contributed by atoms with van der Waals surface area (Å²) in [6, 6.07) is 0. The molecule has 2 nitrogen and oxygen atoms in total. The Morgan fingerprint density at radius 2 is 2.21 bits per heavy atom. The lowest BCUT2D eigenvalue weighted by Crippen LogP contribution is -2.14. The highest BCUT2D eigenvalue weighted by molar-refractivity contribution is 7.09. The Bertz CT molecular complexity index is 282. The van der Waals surface area contributed by atoms with Gasteiger partial charge in [-0.1, -0.05) is 6.92 Å². The van der Waals surface area contributed by atoms with Gasteiger partial charge in [0.2, 0.25) is 0 Å². The quantitative estimate of drug-likeness (QED) is 0.795. The van der Waals surface area contributed by atoms with Crippen molar-refractivity contribution in [2.75, 3.05) is 6.54 Å². The molecule has 6 heteroatoms. The molecule has 0 aliphatic carbocycles. The molecular weight excluding hydrogens is 213 g/mol. The smallest absolute Gasteiger partial charge is 0.311 e. The number of hydrogen-bond donors (Lipinski definition) is 1. The summed E-state index contributed by atoms with van der Waals surface area (Å²) in [6.45, 7) is 3.19. The minimum Gasteiger partial charge on any atom is -0.311 e. The highest BCUT2D eigenvalue weighted by Gasteiger charge is 2.34. The zero-order valence-electron chi connectivity index (χ0n) is 7.69. The van der Waals surface area contributed by atoms with Crippen molar-refractivity contribution in [3.8, 4) is 0 Å². The normalized spacial score (nSPS) is 12.0. The molecule has 0 amide bonds. The van der Waals surface area contributed by atoms with Crippen molar-refractivity contribution in [2.24, 2.45) is 0 Å². The molecule has 0 aliphatic rings. The van der Waals surface area contributed by atoms with Crippen LogP contribution in [-0.4, -0.2) is 11.5 Å². The lowest BCUT2D eigenvalue weighted by Gasteiger charge is -2.00. The van der Waals surface area contributed by atoms with E-state index >= 15 is 0 Å². The van der Waals surface area contributed by atoms with Crippen molar-refractivity contribution in [1.82, 2.24) is 10.3 Å². The number of alkyl halides is 3. The zero-order valence-corrected chi connectivity index (χ0v) is 8.50. The van der Waals surface area contributed by atoms with Crippen LogP contribution in [0.2, 0.25) is 0 Å². The Kier molecular flexibility index (Phi) is 3.88. The minimum absolute atomic E-state index is 0.403. The number of halogens is 3. The van der Waals surface area contributed by atoms with E-state index in [0.717, 1.165) is 13.0 Å². The van der Waals surface area contributed by atoms with E-state index in [1.165, 1.54) is 5.38 Å². The minimum atomic E-state index is -4.31. The molecule has 0 radical (unpaired) electrons. The number of nitrogens with one attached hydrogen (secondary N) is 1. The SMILES string of the molecule is CCCNCc1csc(C(F)(F)F)n1. The monoisotopic (exact) mass is 224 g/mol. The fraction of sp³-hybridized carbons (Fsp3) is 0.625. The highest BCUT2D eigenvalue weighted by atomic mass is 32.1. The maximum Gasteiger partial charge on any atom is 0.443 e. The second kappa shape index (κ2) is 4.75. The lowest BCUT2D eigenvalue weighted by atomic mass is 10.4. The summed E-state index contributed by atoms with van der Waals surface area (Å²) in [5.41, 5.74) is 0.454. The summed E-state index contributed by atoms with van der Waals surface area (Å²) in [5, 5.41) is 3.66. The summed E-state index contributed by atoms with van der Waals surface area (Å²) in [6.07, 6.45) is -3.36. The number of thiazole rings is 1. The maximum absolute atomic E-state index is 12.1. The van der Waals surface area contributed by atoms with Gasteiger partial charge in [-0.15, -0.1) is 11.3 Å². The number of rotatable bonds is 4. The molecule has 0 spiro atoms. The molecule has 0 saturated carbocycles. The molecule has 0 bridgehead atoms. The average molecular weight is 224 g/mol. The van der Waals surface area contributed by atoms with Crippen LogP contribution < -0.4 is 5.32 Å². The Hall–Kier alpha value is -0.620. The molecule has 1 heterocycles. The molecule has 1 aromatic heterocycles. The molecule has 1 aromatic rings. The van der Waals surface area contributed by atoms with E-state index in [1.54, 1.807) is 0 Å². The summed E-state index contributed by atoms with van der Waals surface area (Å²) in [4.78, 5) is 3.48. The largest absolute Gasteiger partial charge is 0.443 e. The zero-order chi connectivity index (χ0) is 10.6. The van der Waals surface area contributed by atoms with Gasteiger partial charge in [0.15, 0.2) is 5.01 Å². The Morgan fingerprint density at radius 1 is 1.50 bits per heavy atom. The summed E-state index contributed by atoms with van der Waals surface area (Å²) in [5.74, 6) is 0. The first kappa shape index (κ1) is 11.5. The highest BCUT2D eigenvalue weighted by Crippen LogP contribution is 2.31. The van der Waals surface area contributed by atoms with Gasteiger partial charge < -0.3 is 5.32 Å². The van der Waals surface area contributed by atoms with Gasteiger partial charge in [0.05, 0.1) is 5.69 Å². The Labute approximate surface area is 84.2 Å². The van der Waals surface area contributed by atoms with Gasteiger partial charge in [-0.25, -0.2) is 4.98 Å². The van der Waals surface area contributed by atoms with Crippen molar-refractivity contribution in [3.63, 3.8) is 0 Å². The van der Waals surface area contributed by atoms with E-state index in [1.807, 2.05) is 6.92 Å². The molecule has 1 N–H and O–H groups in total. The number of nitrogens with zero attached hydrogens (tertiary/aromatic N) is 1. The van der Waals surface area contributed by atoms with Gasteiger partial charge in [0, 0.05) is 11.9 Å². The second-order valence-electron chi connectivity index (χ2n) is 2.82. The number of aromatic nitrogens is 1. The van der Waals surface area contributed by atoms with E-state index in [0.29, 0.717) is 23.6 Å². The predicted molar refractivity (Wildman–Crippen MR) is 49.1 cm³/mol. The lowest BCUT2D eigenvalue weighted by molar-refractivity contribution is -0.137. The van der Waals surface area contributed by atoms with Crippen LogP contribution in [0.25, 0.3) is 0 Å². The molecule has 14 heavy (non-hydrogen) atoms. The fourth-order valence-electron chi connectivity index (χ4n) is 0.912. The van der Waals surface area contributed by atoms with Crippen LogP contribution >= 0.6 is 11.3 Å². The van der Waals surface area contributed by atoms with Crippen LogP contribution in [0.1, 0.15) is 24.0 Å². The average Bonchev–Trinajstić information content (AvgIpc) is 2.52. The topological polar surface area (TPSA) is 24.9 Å². The van der Waals surface area contributed by atoms with Crippen LogP contribution in [0.3, 0.4) is 0 Å². The van der Waals surface area contributed by atoms with Crippen molar-refractivity contribution >= 4 is 11.3 Å². The van der Waals surface area contributed by atoms with E-state index in [-0.39, 0.29) is 0 Å². The standard InChI is InChI=1S/C8H11F3N2S/c1-2-3-12-4-6-5-14-7(13-6)8(9,10)11/h5,12H,2-4H2,1H3. The Balaban J connectivity index is 2.51. The van der Waals surface area contributed by atoms with E-state index < -0.39 is 11.2 Å². The van der Waals surface area contributed by atoms with E-state index in [9.17, 15) is 13.2 Å². The molecule has 0 unspecified atom stereocenters. The van der Waals surface area contributed by atoms with Crippen molar-refractivity contribution in [2.45, 2.75) is 26.1 Å². The van der Waals surface area contributed by atoms with Crippen molar-refractivity contribution < 1.29 is 13.2 Å². The van der Waals surface area contributed by atoms with Crippen molar-refractivity contribution in [3.05, 3.63) is 16.1 Å². The van der Waals surface area contributed by atoms with Crippen LogP contribution in [-0.2, 0) is 12.7 Å². The first-order chi connectivity index (χ1) is 6.54. The second-order valence-corrected chi connectivity index (χ2v) is 3.68. The third-order valence-corrected chi connectivity index (χ3v) is 2.46. The molecule has 0 aliphatic heterocycles. The van der Waals surface area contributed by atoms with Crippen LogP contribution in [0.5, 0.6) is 0 Å². The van der Waals surface area contributed by atoms with Gasteiger partial charge in [0.25, 0.3) is 0 Å². The van der Waals surface area contributed by atoms with Gasteiger partial charge in [-0.3, -0.25) is 0 Å². The van der Waals surface area contributed by atoms with Crippen LogP contribution in [0.4, 0.5) is 13.2 Å². The van der Waals surface area contributed by atoms with Gasteiger partial charge in [-0.2, -0.15) is 13.2 Å². The molecule has 0 saturated heterocycles.